The summed E-state index contributed by atoms with van der Waals surface area (Å²) in [6.45, 7) is 0.336. The predicted octanol–water partition coefficient (Wildman–Crippen LogP) is 2.70. The zero-order chi connectivity index (χ0) is 14.6. The van der Waals surface area contributed by atoms with Crippen LogP contribution in [0.1, 0.15) is 11.1 Å². The molecular weight excluding hydrogens is 271 g/mol. The molecule has 1 aromatic carbocycles. The minimum atomic E-state index is -4.33. The first kappa shape index (κ1) is 14.1. The van der Waals surface area contributed by atoms with E-state index in [-0.39, 0.29) is 6.03 Å². The van der Waals surface area contributed by atoms with Gasteiger partial charge in [-0.25, -0.2) is 9.78 Å². The fraction of sp³-hybridized carbons (Fsp3) is 0.231. The van der Waals surface area contributed by atoms with Gasteiger partial charge in [0, 0.05) is 18.9 Å². The zero-order valence-corrected chi connectivity index (χ0v) is 10.4. The average molecular weight is 283 g/mol. The van der Waals surface area contributed by atoms with Crippen molar-refractivity contribution in [1.82, 2.24) is 14.9 Å². The van der Waals surface area contributed by atoms with Gasteiger partial charge in [0.05, 0.1) is 5.56 Å². The number of nitrogens with zero attached hydrogens (tertiary/aromatic N) is 2. The highest BCUT2D eigenvalue weighted by Gasteiger charge is 2.29. The summed E-state index contributed by atoms with van der Waals surface area (Å²) >= 11 is 0. The number of carbonyl (C=O) groups excluding carboxylic acids is 1. The van der Waals surface area contributed by atoms with Crippen LogP contribution in [0.2, 0.25) is 0 Å². The Morgan fingerprint density at radius 1 is 1.25 bits per heavy atom. The van der Waals surface area contributed by atoms with E-state index in [1.54, 1.807) is 0 Å². The third-order valence-electron chi connectivity index (χ3n) is 2.71. The smallest absolute Gasteiger partial charge is 0.337 e. The van der Waals surface area contributed by atoms with Crippen molar-refractivity contribution in [3.8, 4) is 0 Å². The largest absolute Gasteiger partial charge is 0.416 e. The highest BCUT2D eigenvalue weighted by molar-refractivity contribution is 5.76. The van der Waals surface area contributed by atoms with E-state index >= 15 is 0 Å². The molecule has 20 heavy (non-hydrogen) atoms. The molecule has 0 atom stereocenters. The quantitative estimate of drug-likeness (QED) is 0.941. The highest BCUT2D eigenvalue weighted by atomic mass is 19.4. The Bertz CT molecular complexity index is 562. The van der Waals surface area contributed by atoms with Crippen molar-refractivity contribution < 1.29 is 18.0 Å². The molecule has 106 valence electrons. The number of amides is 1. The number of nitrogens with one attached hydrogen (secondary N) is 1. The standard InChI is InChI=1S/C13H12F3N3O/c14-13(15,16)11-3-1-10(2-4-11)5-6-18-12(20)19-8-7-17-9-19/h1-4,7-9H,5-6H2,(H,18,20). The van der Waals surface area contributed by atoms with Gasteiger partial charge in [0.1, 0.15) is 6.33 Å². The normalized spacial score (nSPS) is 11.3. The van der Waals surface area contributed by atoms with Crippen LogP contribution in [0.4, 0.5) is 18.0 Å². The first-order valence-electron chi connectivity index (χ1n) is 5.89. The molecule has 7 heteroatoms. The van der Waals surface area contributed by atoms with E-state index in [1.807, 2.05) is 0 Å². The zero-order valence-electron chi connectivity index (χ0n) is 10.4. The van der Waals surface area contributed by atoms with Crippen LogP contribution in [0, 0.1) is 0 Å². The molecule has 0 bridgehead atoms. The lowest BCUT2D eigenvalue weighted by atomic mass is 10.1. The molecule has 0 saturated carbocycles. The summed E-state index contributed by atoms with van der Waals surface area (Å²) in [5, 5.41) is 2.64. The molecule has 0 spiro atoms. The molecule has 1 N–H and O–H groups in total. The first-order chi connectivity index (χ1) is 9.47. The maximum absolute atomic E-state index is 12.4. The molecule has 2 aromatic rings. The molecule has 0 fully saturated rings. The van der Waals surface area contributed by atoms with Crippen molar-refractivity contribution in [2.45, 2.75) is 12.6 Å². The Morgan fingerprint density at radius 2 is 1.95 bits per heavy atom. The predicted molar refractivity (Wildman–Crippen MR) is 66.2 cm³/mol. The van der Waals surface area contributed by atoms with Crippen LogP contribution in [0.25, 0.3) is 0 Å². The van der Waals surface area contributed by atoms with Gasteiger partial charge in [0.15, 0.2) is 0 Å². The van der Waals surface area contributed by atoms with Gasteiger partial charge in [0.2, 0.25) is 0 Å². The van der Waals surface area contributed by atoms with E-state index in [2.05, 4.69) is 10.3 Å². The number of hydrogen-bond acceptors (Lipinski definition) is 2. The van der Waals surface area contributed by atoms with Crippen LogP contribution in [0.15, 0.2) is 43.0 Å². The summed E-state index contributed by atoms with van der Waals surface area (Å²) in [4.78, 5) is 15.3. The first-order valence-corrected chi connectivity index (χ1v) is 5.89. The molecule has 0 radical (unpaired) electrons. The van der Waals surface area contributed by atoms with E-state index in [0.29, 0.717) is 13.0 Å². The van der Waals surface area contributed by atoms with E-state index < -0.39 is 11.7 Å². The summed E-state index contributed by atoms with van der Waals surface area (Å²) in [6, 6.07) is 4.56. The minimum absolute atomic E-state index is 0.325. The van der Waals surface area contributed by atoms with Gasteiger partial charge in [-0.05, 0) is 24.1 Å². The molecule has 4 nitrogen and oxygen atoms in total. The maximum atomic E-state index is 12.4. The molecule has 0 unspecified atom stereocenters. The Morgan fingerprint density at radius 3 is 2.50 bits per heavy atom. The summed E-state index contributed by atoms with van der Waals surface area (Å²) in [5.41, 5.74) is 0.0487. The van der Waals surface area contributed by atoms with E-state index in [4.69, 9.17) is 0 Å². The summed E-state index contributed by atoms with van der Waals surface area (Å²) in [6.07, 6.45) is 0.489. The summed E-state index contributed by atoms with van der Waals surface area (Å²) in [5.74, 6) is 0. The van der Waals surface area contributed by atoms with Crippen LogP contribution >= 0.6 is 0 Å². The molecule has 1 heterocycles. The number of rotatable bonds is 3. The van der Waals surface area contributed by atoms with Crippen molar-refractivity contribution in [3.05, 3.63) is 54.1 Å². The number of hydrogen-bond donors (Lipinski definition) is 1. The highest BCUT2D eigenvalue weighted by Crippen LogP contribution is 2.29. The lowest BCUT2D eigenvalue weighted by molar-refractivity contribution is -0.137. The SMILES string of the molecule is O=C(NCCc1ccc(C(F)(F)F)cc1)n1ccnc1. The van der Waals surface area contributed by atoms with Gasteiger partial charge in [-0.1, -0.05) is 12.1 Å². The van der Waals surface area contributed by atoms with E-state index in [1.165, 1.54) is 35.4 Å². The van der Waals surface area contributed by atoms with Crippen molar-refractivity contribution in [2.75, 3.05) is 6.54 Å². The summed E-state index contributed by atoms with van der Waals surface area (Å²) < 4.78 is 38.4. The molecule has 2 rings (SSSR count). The lowest BCUT2D eigenvalue weighted by Crippen LogP contribution is -2.29. The van der Waals surface area contributed by atoms with Crippen molar-refractivity contribution >= 4 is 6.03 Å². The molecule has 0 saturated heterocycles. The van der Waals surface area contributed by atoms with Crippen LogP contribution in [0.5, 0.6) is 0 Å². The molecule has 0 aliphatic rings. The number of carbonyl (C=O) groups is 1. The van der Waals surface area contributed by atoms with Crippen LogP contribution in [-0.4, -0.2) is 22.1 Å². The van der Waals surface area contributed by atoms with E-state index in [9.17, 15) is 18.0 Å². The molecule has 0 aliphatic heterocycles. The Balaban J connectivity index is 1.84. The second-order valence-electron chi connectivity index (χ2n) is 4.15. The minimum Gasteiger partial charge on any atom is -0.337 e. The third-order valence-corrected chi connectivity index (χ3v) is 2.71. The average Bonchev–Trinajstić information content (AvgIpc) is 2.92. The fourth-order valence-corrected chi connectivity index (χ4v) is 1.64. The fourth-order valence-electron chi connectivity index (χ4n) is 1.64. The van der Waals surface area contributed by atoms with Crippen LogP contribution in [-0.2, 0) is 12.6 Å². The second kappa shape index (κ2) is 5.77. The number of alkyl halides is 3. The summed E-state index contributed by atoms with van der Waals surface area (Å²) in [7, 11) is 0. The van der Waals surface area contributed by atoms with Gasteiger partial charge >= 0.3 is 12.2 Å². The Hall–Kier alpha value is -2.31. The maximum Gasteiger partial charge on any atom is 0.416 e. The van der Waals surface area contributed by atoms with Gasteiger partial charge in [-0.15, -0.1) is 0 Å². The van der Waals surface area contributed by atoms with Gasteiger partial charge in [-0.2, -0.15) is 13.2 Å². The van der Waals surface area contributed by atoms with E-state index in [0.717, 1.165) is 17.7 Å². The van der Waals surface area contributed by atoms with Crippen molar-refractivity contribution in [3.63, 3.8) is 0 Å². The molecule has 1 amide bonds. The van der Waals surface area contributed by atoms with Crippen LogP contribution < -0.4 is 5.32 Å². The number of imidazole rings is 1. The molecule has 0 aliphatic carbocycles. The van der Waals surface area contributed by atoms with Gasteiger partial charge < -0.3 is 5.32 Å². The van der Waals surface area contributed by atoms with Crippen molar-refractivity contribution in [1.29, 1.82) is 0 Å². The number of aromatic nitrogens is 2. The lowest BCUT2D eigenvalue weighted by Gasteiger charge is -2.08. The van der Waals surface area contributed by atoms with Crippen LogP contribution in [0.3, 0.4) is 0 Å². The topological polar surface area (TPSA) is 46.9 Å². The second-order valence-corrected chi connectivity index (χ2v) is 4.15. The Kier molecular flexibility index (Phi) is 4.07. The molecular formula is C13H12F3N3O. The number of benzene rings is 1. The monoisotopic (exact) mass is 283 g/mol. The Labute approximate surface area is 113 Å². The number of halogens is 3. The van der Waals surface area contributed by atoms with Gasteiger partial charge in [0.25, 0.3) is 0 Å². The third kappa shape index (κ3) is 3.59. The van der Waals surface area contributed by atoms with Crippen molar-refractivity contribution in [2.24, 2.45) is 0 Å². The molecule has 1 aromatic heterocycles. The van der Waals surface area contributed by atoms with Gasteiger partial charge in [-0.3, -0.25) is 4.57 Å².